The Morgan fingerprint density at radius 3 is 2.80 bits per heavy atom. The molecule has 5 nitrogen and oxygen atoms in total. The van der Waals surface area contributed by atoms with Gasteiger partial charge in [0.25, 0.3) is 0 Å². The quantitative estimate of drug-likeness (QED) is 0.786. The Bertz CT molecular complexity index is 791. The summed E-state index contributed by atoms with van der Waals surface area (Å²) in [5.41, 5.74) is 9.67. The van der Waals surface area contributed by atoms with Gasteiger partial charge in [-0.2, -0.15) is 0 Å². The molecule has 0 saturated carbocycles. The number of carbonyl (C=O) groups excluding carboxylic acids is 1. The van der Waals surface area contributed by atoms with Gasteiger partial charge in [-0.3, -0.25) is 4.79 Å². The highest BCUT2D eigenvalue weighted by molar-refractivity contribution is 5.96. The molecular weight excluding hydrogens is 252 g/mol. The van der Waals surface area contributed by atoms with Crippen LogP contribution in [0.4, 0.5) is 0 Å². The molecule has 2 aromatic carbocycles. The molecule has 0 atom stereocenters. The maximum atomic E-state index is 11.2. The zero-order valence-electron chi connectivity index (χ0n) is 11.1. The van der Waals surface area contributed by atoms with Crippen LogP contribution in [0, 0.1) is 6.92 Å². The highest BCUT2D eigenvalue weighted by atomic mass is 16.1. The van der Waals surface area contributed by atoms with Crippen molar-refractivity contribution in [3.8, 4) is 0 Å². The third-order valence-electron chi connectivity index (χ3n) is 3.38. The van der Waals surface area contributed by atoms with Gasteiger partial charge in [0, 0.05) is 5.56 Å². The number of aromatic nitrogens is 3. The SMILES string of the molecule is Cc1ccccc1Cn1nnc2cc(C(N)=O)ccc21. The highest BCUT2D eigenvalue weighted by Crippen LogP contribution is 2.16. The van der Waals surface area contributed by atoms with Crippen molar-refractivity contribution in [2.45, 2.75) is 13.5 Å². The maximum absolute atomic E-state index is 11.2. The lowest BCUT2D eigenvalue weighted by molar-refractivity contribution is 0.100. The molecule has 0 radical (unpaired) electrons. The Morgan fingerprint density at radius 1 is 1.25 bits per heavy atom. The molecule has 0 fully saturated rings. The van der Waals surface area contributed by atoms with Crippen LogP contribution in [0.25, 0.3) is 11.0 Å². The zero-order chi connectivity index (χ0) is 14.1. The Morgan fingerprint density at radius 2 is 2.05 bits per heavy atom. The zero-order valence-corrected chi connectivity index (χ0v) is 11.1. The summed E-state index contributed by atoms with van der Waals surface area (Å²) in [5, 5.41) is 8.24. The molecule has 20 heavy (non-hydrogen) atoms. The Labute approximate surface area is 116 Å². The molecule has 0 aliphatic heterocycles. The molecule has 0 spiro atoms. The third kappa shape index (κ3) is 2.14. The molecule has 0 saturated heterocycles. The number of rotatable bonds is 3. The van der Waals surface area contributed by atoms with Crippen molar-refractivity contribution in [3.05, 3.63) is 59.2 Å². The highest BCUT2D eigenvalue weighted by Gasteiger charge is 2.09. The second kappa shape index (κ2) is 4.77. The molecule has 0 aliphatic rings. The van der Waals surface area contributed by atoms with Crippen molar-refractivity contribution in [2.24, 2.45) is 5.73 Å². The van der Waals surface area contributed by atoms with E-state index in [2.05, 4.69) is 29.4 Å². The number of nitrogens with zero attached hydrogens (tertiary/aromatic N) is 3. The predicted molar refractivity (Wildman–Crippen MR) is 76.3 cm³/mol. The van der Waals surface area contributed by atoms with Gasteiger partial charge in [-0.05, 0) is 36.2 Å². The largest absolute Gasteiger partial charge is 0.366 e. The van der Waals surface area contributed by atoms with Crippen molar-refractivity contribution in [1.29, 1.82) is 0 Å². The minimum absolute atomic E-state index is 0.445. The van der Waals surface area contributed by atoms with E-state index < -0.39 is 5.91 Å². The van der Waals surface area contributed by atoms with Crippen LogP contribution in [0.15, 0.2) is 42.5 Å². The third-order valence-corrected chi connectivity index (χ3v) is 3.38. The van der Waals surface area contributed by atoms with E-state index >= 15 is 0 Å². The summed E-state index contributed by atoms with van der Waals surface area (Å²) in [5.74, 6) is -0.458. The maximum Gasteiger partial charge on any atom is 0.248 e. The predicted octanol–water partition coefficient (Wildman–Crippen LogP) is 1.89. The van der Waals surface area contributed by atoms with Crippen LogP contribution in [-0.4, -0.2) is 20.9 Å². The Hall–Kier alpha value is -2.69. The van der Waals surface area contributed by atoms with Gasteiger partial charge in [-0.15, -0.1) is 5.10 Å². The first-order valence-electron chi connectivity index (χ1n) is 6.33. The number of fused-ring (bicyclic) bond motifs is 1. The molecule has 0 aliphatic carbocycles. The van der Waals surface area contributed by atoms with E-state index in [1.165, 1.54) is 11.1 Å². The summed E-state index contributed by atoms with van der Waals surface area (Å²) in [7, 11) is 0. The van der Waals surface area contributed by atoms with E-state index in [0.717, 1.165) is 5.52 Å². The van der Waals surface area contributed by atoms with Gasteiger partial charge in [0.2, 0.25) is 5.91 Å². The van der Waals surface area contributed by atoms with Crippen LogP contribution >= 0.6 is 0 Å². The van der Waals surface area contributed by atoms with Crippen LogP contribution in [-0.2, 0) is 6.54 Å². The first kappa shape index (κ1) is 12.3. The summed E-state index contributed by atoms with van der Waals surface area (Å²) in [6.07, 6.45) is 0. The van der Waals surface area contributed by atoms with Crippen molar-refractivity contribution in [1.82, 2.24) is 15.0 Å². The van der Waals surface area contributed by atoms with Gasteiger partial charge < -0.3 is 5.73 Å². The van der Waals surface area contributed by atoms with E-state index in [9.17, 15) is 4.79 Å². The number of benzene rings is 2. The van der Waals surface area contributed by atoms with Gasteiger partial charge >= 0.3 is 0 Å². The summed E-state index contributed by atoms with van der Waals surface area (Å²) in [6, 6.07) is 13.3. The monoisotopic (exact) mass is 266 g/mol. The van der Waals surface area contributed by atoms with E-state index in [-0.39, 0.29) is 0 Å². The lowest BCUT2D eigenvalue weighted by Crippen LogP contribution is -2.10. The number of primary amides is 1. The summed E-state index contributed by atoms with van der Waals surface area (Å²) < 4.78 is 1.82. The lowest BCUT2D eigenvalue weighted by Gasteiger charge is -2.06. The number of carbonyl (C=O) groups is 1. The molecule has 1 aromatic heterocycles. The van der Waals surface area contributed by atoms with Crippen LogP contribution < -0.4 is 5.73 Å². The summed E-state index contributed by atoms with van der Waals surface area (Å²) >= 11 is 0. The fourth-order valence-electron chi connectivity index (χ4n) is 2.19. The molecule has 1 amide bonds. The van der Waals surface area contributed by atoms with Crippen molar-refractivity contribution in [2.75, 3.05) is 0 Å². The van der Waals surface area contributed by atoms with E-state index in [0.29, 0.717) is 17.6 Å². The molecule has 1 heterocycles. The average molecular weight is 266 g/mol. The van der Waals surface area contributed by atoms with Gasteiger partial charge in [0.15, 0.2) is 0 Å². The smallest absolute Gasteiger partial charge is 0.248 e. The second-order valence-corrected chi connectivity index (χ2v) is 4.74. The minimum atomic E-state index is -0.458. The molecule has 3 rings (SSSR count). The normalized spacial score (nSPS) is 10.8. The molecule has 0 bridgehead atoms. The van der Waals surface area contributed by atoms with Crippen LogP contribution in [0.5, 0.6) is 0 Å². The number of hydrogen-bond donors (Lipinski definition) is 1. The summed E-state index contributed by atoms with van der Waals surface area (Å²) in [4.78, 5) is 11.2. The second-order valence-electron chi connectivity index (χ2n) is 4.74. The van der Waals surface area contributed by atoms with E-state index in [1.807, 2.05) is 22.9 Å². The van der Waals surface area contributed by atoms with Gasteiger partial charge in [0.1, 0.15) is 5.52 Å². The molecular formula is C15H14N4O. The minimum Gasteiger partial charge on any atom is -0.366 e. The fraction of sp³-hybridized carbons (Fsp3) is 0.133. The molecule has 0 unspecified atom stereocenters. The van der Waals surface area contributed by atoms with Crippen molar-refractivity contribution in [3.63, 3.8) is 0 Å². The molecule has 100 valence electrons. The van der Waals surface area contributed by atoms with Gasteiger partial charge in [-0.25, -0.2) is 4.68 Å². The fourth-order valence-corrected chi connectivity index (χ4v) is 2.19. The topological polar surface area (TPSA) is 73.8 Å². The Kier molecular flexibility index (Phi) is 2.95. The average Bonchev–Trinajstić information content (AvgIpc) is 2.84. The van der Waals surface area contributed by atoms with Gasteiger partial charge in [-0.1, -0.05) is 29.5 Å². The number of nitrogens with two attached hydrogens (primary N) is 1. The van der Waals surface area contributed by atoms with E-state index in [4.69, 9.17) is 5.73 Å². The van der Waals surface area contributed by atoms with Crippen LogP contribution in [0.1, 0.15) is 21.5 Å². The van der Waals surface area contributed by atoms with E-state index in [1.54, 1.807) is 12.1 Å². The number of amides is 1. The number of aryl methyl sites for hydroxylation is 1. The summed E-state index contributed by atoms with van der Waals surface area (Å²) in [6.45, 7) is 2.72. The van der Waals surface area contributed by atoms with Crippen LogP contribution in [0.2, 0.25) is 0 Å². The Balaban J connectivity index is 2.01. The first-order valence-corrected chi connectivity index (χ1v) is 6.33. The first-order chi connectivity index (χ1) is 9.65. The molecule has 5 heteroatoms. The van der Waals surface area contributed by atoms with Gasteiger partial charge in [0.05, 0.1) is 12.1 Å². The van der Waals surface area contributed by atoms with Crippen molar-refractivity contribution < 1.29 is 4.79 Å². The standard InChI is InChI=1S/C15H14N4O/c1-10-4-2-3-5-12(10)9-19-14-7-6-11(15(16)20)8-13(14)17-18-19/h2-8H,9H2,1H3,(H2,16,20). The molecule has 3 aromatic rings. The van der Waals surface area contributed by atoms with Crippen LogP contribution in [0.3, 0.4) is 0 Å². The lowest BCUT2D eigenvalue weighted by atomic mass is 10.1. The number of hydrogen-bond acceptors (Lipinski definition) is 3. The molecule has 2 N–H and O–H groups in total. The van der Waals surface area contributed by atoms with Crippen molar-refractivity contribution >= 4 is 16.9 Å².